The van der Waals surface area contributed by atoms with Crippen molar-refractivity contribution in [3.05, 3.63) is 0 Å². The van der Waals surface area contributed by atoms with E-state index in [4.69, 9.17) is 9.47 Å². The van der Waals surface area contributed by atoms with Crippen molar-refractivity contribution >= 4 is 15.9 Å². The number of aliphatic hydroxyl groups is 1. The van der Waals surface area contributed by atoms with Crippen molar-refractivity contribution in [3.8, 4) is 0 Å². The Morgan fingerprint density at radius 2 is 2.00 bits per heavy atom. The highest BCUT2D eigenvalue weighted by Gasteiger charge is 2.68. The third-order valence-electron chi connectivity index (χ3n) is 4.34. The van der Waals surface area contributed by atoms with Crippen molar-refractivity contribution in [3.63, 3.8) is 0 Å². The lowest BCUT2D eigenvalue weighted by molar-refractivity contribution is -0.320. The molecule has 1 saturated heterocycles. The molecule has 4 atom stereocenters. The molecular formula is C11H17BrO3. The predicted molar refractivity (Wildman–Crippen MR) is 58.8 cm³/mol. The van der Waals surface area contributed by atoms with Gasteiger partial charge in [0.1, 0.15) is 0 Å². The Kier molecular flexibility index (Phi) is 2.58. The van der Waals surface area contributed by atoms with Crippen LogP contribution in [0.4, 0.5) is 0 Å². The van der Waals surface area contributed by atoms with Crippen LogP contribution in [0.2, 0.25) is 0 Å². The fourth-order valence-corrected chi connectivity index (χ4v) is 4.32. The molecule has 0 bridgehead atoms. The standard InChI is InChI=1S/C11H17BrO3/c12-4-3-8-10-7(1-2-9(10)13)11(8)14-5-6-15-11/h7-10,13H,1-6H2/t7-,8+,9?,10+/m1/s1. The number of hydrogen-bond acceptors (Lipinski definition) is 3. The van der Waals surface area contributed by atoms with Crippen molar-refractivity contribution in [2.24, 2.45) is 17.8 Å². The first-order chi connectivity index (χ1) is 7.29. The molecule has 1 aliphatic heterocycles. The molecule has 3 rings (SSSR count). The van der Waals surface area contributed by atoms with Gasteiger partial charge in [0.15, 0.2) is 5.79 Å². The Bertz CT molecular complexity index is 252. The van der Waals surface area contributed by atoms with Crippen LogP contribution in [0, 0.1) is 17.8 Å². The SMILES string of the molecule is OC1CC[C@@H]2[C@H]1[C@H](CCBr)C21OCCO1. The average molecular weight is 277 g/mol. The van der Waals surface area contributed by atoms with Gasteiger partial charge in [0.2, 0.25) is 0 Å². The first-order valence-corrected chi connectivity index (χ1v) is 6.93. The summed E-state index contributed by atoms with van der Waals surface area (Å²) in [5.74, 6) is 0.928. The summed E-state index contributed by atoms with van der Waals surface area (Å²) in [6.07, 6.45) is 2.89. The monoisotopic (exact) mass is 276 g/mol. The van der Waals surface area contributed by atoms with E-state index in [0.29, 0.717) is 17.8 Å². The first kappa shape index (κ1) is 10.5. The number of ether oxygens (including phenoxy) is 2. The van der Waals surface area contributed by atoms with Gasteiger partial charge in [-0.3, -0.25) is 0 Å². The largest absolute Gasteiger partial charge is 0.393 e. The van der Waals surface area contributed by atoms with E-state index in [0.717, 1.165) is 37.8 Å². The summed E-state index contributed by atoms with van der Waals surface area (Å²) in [7, 11) is 0. The molecule has 0 aromatic carbocycles. The molecule has 3 nitrogen and oxygen atoms in total. The molecule has 2 saturated carbocycles. The lowest BCUT2D eigenvalue weighted by Crippen LogP contribution is -2.63. The van der Waals surface area contributed by atoms with Crippen molar-refractivity contribution in [1.29, 1.82) is 0 Å². The highest BCUT2D eigenvalue weighted by molar-refractivity contribution is 9.09. The number of fused-ring (bicyclic) bond motifs is 2. The fraction of sp³-hybridized carbons (Fsp3) is 1.00. The maximum atomic E-state index is 9.93. The zero-order chi connectivity index (χ0) is 10.5. The first-order valence-electron chi connectivity index (χ1n) is 5.81. The normalized spacial score (nSPS) is 46.8. The minimum atomic E-state index is -0.323. The van der Waals surface area contributed by atoms with Gasteiger partial charge in [-0.05, 0) is 19.3 Å². The van der Waals surface area contributed by atoms with Crippen molar-refractivity contribution < 1.29 is 14.6 Å². The lowest BCUT2D eigenvalue weighted by Gasteiger charge is -2.56. The molecule has 0 aromatic rings. The van der Waals surface area contributed by atoms with Crippen LogP contribution in [0.15, 0.2) is 0 Å². The molecule has 4 heteroatoms. The molecule has 0 radical (unpaired) electrons. The number of hydrogen-bond donors (Lipinski definition) is 1. The predicted octanol–water partition coefficient (Wildman–Crippen LogP) is 1.53. The number of halogens is 1. The van der Waals surface area contributed by atoms with Gasteiger partial charge in [-0.2, -0.15) is 0 Å². The summed E-state index contributed by atoms with van der Waals surface area (Å²) in [6.45, 7) is 1.44. The van der Waals surface area contributed by atoms with Gasteiger partial charge in [-0.15, -0.1) is 0 Å². The summed E-state index contributed by atoms with van der Waals surface area (Å²) < 4.78 is 11.7. The Labute approximate surface area is 98.3 Å². The minimum absolute atomic E-state index is 0.127. The average Bonchev–Trinajstić information content (AvgIpc) is 2.80. The van der Waals surface area contributed by atoms with Crippen LogP contribution in [-0.4, -0.2) is 35.5 Å². The van der Waals surface area contributed by atoms with Crippen LogP contribution in [0.5, 0.6) is 0 Å². The Morgan fingerprint density at radius 3 is 2.67 bits per heavy atom. The maximum Gasteiger partial charge on any atom is 0.174 e. The van der Waals surface area contributed by atoms with Crippen LogP contribution in [-0.2, 0) is 9.47 Å². The number of rotatable bonds is 2. The second-order valence-corrected chi connectivity index (χ2v) is 5.62. The van der Waals surface area contributed by atoms with Gasteiger partial charge >= 0.3 is 0 Å². The molecule has 1 spiro atoms. The maximum absolute atomic E-state index is 9.93. The zero-order valence-electron chi connectivity index (χ0n) is 8.69. The van der Waals surface area contributed by atoms with Gasteiger partial charge in [0.25, 0.3) is 0 Å². The van der Waals surface area contributed by atoms with E-state index in [1.54, 1.807) is 0 Å². The third kappa shape index (κ3) is 1.28. The summed E-state index contributed by atoms with van der Waals surface area (Å²) in [4.78, 5) is 0. The van der Waals surface area contributed by atoms with E-state index in [1.165, 1.54) is 0 Å². The molecule has 1 N–H and O–H groups in total. The van der Waals surface area contributed by atoms with E-state index in [2.05, 4.69) is 15.9 Å². The van der Waals surface area contributed by atoms with Crippen molar-refractivity contribution in [1.82, 2.24) is 0 Å². The van der Waals surface area contributed by atoms with Gasteiger partial charge in [-0.1, -0.05) is 15.9 Å². The summed E-state index contributed by atoms with van der Waals surface area (Å²) in [6, 6.07) is 0. The highest BCUT2D eigenvalue weighted by atomic mass is 79.9. The molecule has 15 heavy (non-hydrogen) atoms. The van der Waals surface area contributed by atoms with Crippen LogP contribution >= 0.6 is 15.9 Å². The second-order valence-electron chi connectivity index (χ2n) is 4.83. The molecular weight excluding hydrogens is 260 g/mol. The van der Waals surface area contributed by atoms with Crippen molar-refractivity contribution in [2.45, 2.75) is 31.2 Å². The molecule has 1 unspecified atom stereocenters. The second kappa shape index (κ2) is 3.69. The fourth-order valence-electron chi connectivity index (χ4n) is 3.83. The highest BCUT2D eigenvalue weighted by Crippen LogP contribution is 2.62. The molecule has 1 heterocycles. The van der Waals surface area contributed by atoms with Crippen LogP contribution in [0.25, 0.3) is 0 Å². The van der Waals surface area contributed by atoms with E-state index >= 15 is 0 Å². The number of alkyl halides is 1. The Morgan fingerprint density at radius 1 is 1.27 bits per heavy atom. The summed E-state index contributed by atoms with van der Waals surface area (Å²) in [5.41, 5.74) is 0. The lowest BCUT2D eigenvalue weighted by atomic mass is 9.59. The third-order valence-corrected chi connectivity index (χ3v) is 4.80. The molecule has 0 aromatic heterocycles. The van der Waals surface area contributed by atoms with Gasteiger partial charge in [0, 0.05) is 23.1 Å². The van der Waals surface area contributed by atoms with E-state index in [9.17, 15) is 5.11 Å². The smallest absolute Gasteiger partial charge is 0.174 e. The van der Waals surface area contributed by atoms with E-state index < -0.39 is 0 Å². The van der Waals surface area contributed by atoms with Crippen LogP contribution in [0.3, 0.4) is 0 Å². The topological polar surface area (TPSA) is 38.7 Å². The zero-order valence-corrected chi connectivity index (χ0v) is 10.3. The molecule has 2 aliphatic carbocycles. The van der Waals surface area contributed by atoms with Crippen LogP contribution in [0.1, 0.15) is 19.3 Å². The molecule has 86 valence electrons. The molecule has 3 fully saturated rings. The van der Waals surface area contributed by atoms with E-state index in [1.807, 2.05) is 0 Å². The minimum Gasteiger partial charge on any atom is -0.393 e. The summed E-state index contributed by atoms with van der Waals surface area (Å²) >= 11 is 3.48. The molecule has 0 amide bonds. The van der Waals surface area contributed by atoms with E-state index in [-0.39, 0.29) is 11.9 Å². The number of aliphatic hydroxyl groups excluding tert-OH is 1. The Hall–Kier alpha value is 0.360. The van der Waals surface area contributed by atoms with Crippen LogP contribution < -0.4 is 0 Å². The van der Waals surface area contributed by atoms with Gasteiger partial charge in [-0.25, -0.2) is 0 Å². The van der Waals surface area contributed by atoms with Crippen molar-refractivity contribution in [2.75, 3.05) is 18.5 Å². The van der Waals surface area contributed by atoms with Gasteiger partial charge in [0.05, 0.1) is 19.3 Å². The summed E-state index contributed by atoms with van der Waals surface area (Å²) in [5, 5.41) is 10.9. The molecule has 3 aliphatic rings. The Balaban J connectivity index is 1.82. The quantitative estimate of drug-likeness (QED) is 0.778. The van der Waals surface area contributed by atoms with Gasteiger partial charge < -0.3 is 14.6 Å².